The highest BCUT2D eigenvalue weighted by molar-refractivity contribution is 5.92. The summed E-state index contributed by atoms with van der Waals surface area (Å²) in [6, 6.07) is 28.4. The molecule has 0 saturated heterocycles. The van der Waals surface area contributed by atoms with Crippen molar-refractivity contribution in [3.05, 3.63) is 119 Å². The number of ether oxygens (including phenoxy) is 1. The SMILES string of the molecule is C=C(C)CC(OC(=O)c1ccccc1C(c1ccccc1)c1ccccc1)C(C)C. The number of carbonyl (C=O) groups is 1. The second-order valence-electron chi connectivity index (χ2n) is 8.19. The van der Waals surface area contributed by atoms with Crippen molar-refractivity contribution < 1.29 is 9.53 Å². The van der Waals surface area contributed by atoms with Gasteiger partial charge in [0.15, 0.2) is 0 Å². The third-order valence-electron chi connectivity index (χ3n) is 5.31. The van der Waals surface area contributed by atoms with Crippen molar-refractivity contribution in [3.8, 4) is 0 Å². The lowest BCUT2D eigenvalue weighted by molar-refractivity contribution is 0.0185. The van der Waals surface area contributed by atoms with Crippen LogP contribution in [0.1, 0.15) is 60.2 Å². The number of benzene rings is 3. The molecule has 0 aromatic heterocycles. The molecular formula is C28H30O2. The smallest absolute Gasteiger partial charge is 0.338 e. The Morgan fingerprint density at radius 3 is 1.83 bits per heavy atom. The van der Waals surface area contributed by atoms with Crippen LogP contribution in [0.4, 0.5) is 0 Å². The van der Waals surface area contributed by atoms with Crippen molar-refractivity contribution in [1.82, 2.24) is 0 Å². The quantitative estimate of drug-likeness (QED) is 0.232. The monoisotopic (exact) mass is 398 g/mol. The second kappa shape index (κ2) is 10.1. The van der Waals surface area contributed by atoms with Crippen molar-refractivity contribution >= 4 is 5.97 Å². The van der Waals surface area contributed by atoms with Gasteiger partial charge in [0.25, 0.3) is 0 Å². The van der Waals surface area contributed by atoms with E-state index in [4.69, 9.17) is 4.74 Å². The van der Waals surface area contributed by atoms with Gasteiger partial charge in [0.05, 0.1) is 5.56 Å². The summed E-state index contributed by atoms with van der Waals surface area (Å²) in [5.41, 5.74) is 4.87. The molecule has 3 aromatic rings. The van der Waals surface area contributed by atoms with Gasteiger partial charge < -0.3 is 4.74 Å². The Kier molecular flexibility index (Phi) is 7.24. The minimum atomic E-state index is -0.276. The van der Waals surface area contributed by atoms with E-state index in [1.807, 2.05) is 67.6 Å². The van der Waals surface area contributed by atoms with Gasteiger partial charge in [0.1, 0.15) is 6.10 Å². The molecule has 1 atom stereocenters. The standard InChI is InChI=1S/C28H30O2/c1-20(2)19-26(21(3)4)30-28(29)25-18-12-11-17-24(25)27(22-13-7-5-8-14-22)23-15-9-6-10-16-23/h5-18,21,26-27H,1,19H2,2-4H3. The van der Waals surface area contributed by atoms with Crippen molar-refractivity contribution in [3.63, 3.8) is 0 Å². The Balaban J connectivity index is 2.03. The Bertz CT molecular complexity index is 934. The number of rotatable bonds is 8. The lowest BCUT2D eigenvalue weighted by Gasteiger charge is -2.24. The zero-order chi connectivity index (χ0) is 21.5. The van der Waals surface area contributed by atoms with Gasteiger partial charge in [0.2, 0.25) is 0 Å². The number of hydrogen-bond acceptors (Lipinski definition) is 2. The molecule has 0 aliphatic carbocycles. The Morgan fingerprint density at radius 2 is 1.33 bits per heavy atom. The lowest BCUT2D eigenvalue weighted by atomic mass is 9.83. The molecule has 2 nitrogen and oxygen atoms in total. The summed E-state index contributed by atoms with van der Waals surface area (Å²) in [6.45, 7) is 10.1. The molecule has 3 aromatic carbocycles. The first-order valence-corrected chi connectivity index (χ1v) is 10.5. The van der Waals surface area contributed by atoms with E-state index in [9.17, 15) is 4.79 Å². The molecular weight excluding hydrogens is 368 g/mol. The van der Waals surface area contributed by atoms with Gasteiger partial charge in [-0.2, -0.15) is 0 Å². The first-order valence-electron chi connectivity index (χ1n) is 10.5. The number of hydrogen-bond donors (Lipinski definition) is 0. The van der Waals surface area contributed by atoms with Gasteiger partial charge in [-0.15, -0.1) is 6.58 Å². The van der Waals surface area contributed by atoms with E-state index in [0.717, 1.165) is 22.3 Å². The molecule has 30 heavy (non-hydrogen) atoms. The van der Waals surface area contributed by atoms with Crippen LogP contribution in [0.5, 0.6) is 0 Å². The molecule has 0 fully saturated rings. The Morgan fingerprint density at radius 1 is 0.833 bits per heavy atom. The Hall–Kier alpha value is -3.13. The van der Waals surface area contributed by atoms with Crippen molar-refractivity contribution in [2.24, 2.45) is 5.92 Å². The van der Waals surface area contributed by atoms with Crippen LogP contribution in [-0.2, 0) is 4.74 Å². The maximum Gasteiger partial charge on any atom is 0.338 e. The third-order valence-corrected chi connectivity index (χ3v) is 5.31. The van der Waals surface area contributed by atoms with Crippen LogP contribution in [0.15, 0.2) is 97.1 Å². The molecule has 0 heterocycles. The fourth-order valence-electron chi connectivity index (χ4n) is 3.74. The summed E-state index contributed by atoms with van der Waals surface area (Å²) in [6.07, 6.45) is 0.488. The molecule has 2 heteroatoms. The third kappa shape index (κ3) is 5.27. The van der Waals surface area contributed by atoms with Crippen molar-refractivity contribution in [2.45, 2.75) is 39.2 Å². The molecule has 0 amide bonds. The predicted octanol–water partition coefficient (Wildman–Crippen LogP) is 7.01. The van der Waals surface area contributed by atoms with Crippen LogP contribution < -0.4 is 0 Å². The van der Waals surface area contributed by atoms with E-state index in [1.165, 1.54) is 0 Å². The highest BCUT2D eigenvalue weighted by Crippen LogP contribution is 2.34. The fourth-order valence-corrected chi connectivity index (χ4v) is 3.74. The highest BCUT2D eigenvalue weighted by Gasteiger charge is 2.25. The summed E-state index contributed by atoms with van der Waals surface area (Å²) in [5, 5.41) is 0. The van der Waals surface area contributed by atoms with E-state index in [-0.39, 0.29) is 23.9 Å². The van der Waals surface area contributed by atoms with Gasteiger partial charge in [0, 0.05) is 12.3 Å². The van der Waals surface area contributed by atoms with Crippen LogP contribution in [0.25, 0.3) is 0 Å². The molecule has 3 rings (SSSR count). The highest BCUT2D eigenvalue weighted by atomic mass is 16.5. The van der Waals surface area contributed by atoms with E-state index in [1.54, 1.807) is 0 Å². The Labute approximate surface area is 180 Å². The first kappa shape index (κ1) is 21.6. The molecule has 0 aliphatic rings. The van der Waals surface area contributed by atoms with E-state index in [0.29, 0.717) is 12.0 Å². The second-order valence-corrected chi connectivity index (χ2v) is 8.19. The van der Waals surface area contributed by atoms with Crippen LogP contribution in [0.2, 0.25) is 0 Å². The van der Waals surface area contributed by atoms with E-state index in [2.05, 4.69) is 44.7 Å². The van der Waals surface area contributed by atoms with Crippen LogP contribution in [0, 0.1) is 5.92 Å². The summed E-state index contributed by atoms with van der Waals surface area (Å²) >= 11 is 0. The average Bonchev–Trinajstić information content (AvgIpc) is 2.75. The molecule has 1 unspecified atom stereocenters. The summed E-state index contributed by atoms with van der Waals surface area (Å²) in [5.74, 6) is -0.103. The van der Waals surface area contributed by atoms with Gasteiger partial charge in [-0.3, -0.25) is 0 Å². The topological polar surface area (TPSA) is 26.3 Å². The molecule has 0 spiro atoms. The number of carbonyl (C=O) groups excluding carboxylic acids is 1. The van der Waals surface area contributed by atoms with Crippen LogP contribution >= 0.6 is 0 Å². The van der Waals surface area contributed by atoms with E-state index >= 15 is 0 Å². The molecule has 0 saturated carbocycles. The van der Waals surface area contributed by atoms with Gasteiger partial charge in [-0.05, 0) is 35.6 Å². The normalized spacial score (nSPS) is 12.0. The van der Waals surface area contributed by atoms with Crippen molar-refractivity contribution in [2.75, 3.05) is 0 Å². The minimum Gasteiger partial charge on any atom is -0.458 e. The van der Waals surface area contributed by atoms with Crippen molar-refractivity contribution in [1.29, 1.82) is 0 Å². The molecule has 0 radical (unpaired) electrons. The number of esters is 1. The molecule has 0 aliphatic heterocycles. The maximum absolute atomic E-state index is 13.3. The summed E-state index contributed by atoms with van der Waals surface area (Å²) in [7, 11) is 0. The zero-order valence-electron chi connectivity index (χ0n) is 18.0. The molecule has 0 bridgehead atoms. The summed E-state index contributed by atoms with van der Waals surface area (Å²) in [4.78, 5) is 13.3. The molecule has 0 N–H and O–H groups in total. The molecule has 154 valence electrons. The maximum atomic E-state index is 13.3. The fraction of sp³-hybridized carbons (Fsp3) is 0.250. The average molecular weight is 399 g/mol. The van der Waals surface area contributed by atoms with Crippen LogP contribution in [-0.4, -0.2) is 12.1 Å². The van der Waals surface area contributed by atoms with E-state index < -0.39 is 0 Å². The first-order chi connectivity index (χ1) is 14.5. The van der Waals surface area contributed by atoms with Gasteiger partial charge in [-0.1, -0.05) is 98.3 Å². The van der Waals surface area contributed by atoms with Gasteiger partial charge in [-0.25, -0.2) is 4.79 Å². The predicted molar refractivity (Wildman–Crippen MR) is 124 cm³/mol. The summed E-state index contributed by atoms with van der Waals surface area (Å²) < 4.78 is 5.97. The lowest BCUT2D eigenvalue weighted by Crippen LogP contribution is -2.25. The largest absolute Gasteiger partial charge is 0.458 e. The van der Waals surface area contributed by atoms with Crippen LogP contribution in [0.3, 0.4) is 0 Å². The van der Waals surface area contributed by atoms with Gasteiger partial charge >= 0.3 is 5.97 Å². The minimum absolute atomic E-state index is 0.0465. The zero-order valence-corrected chi connectivity index (χ0v) is 18.0.